The molecule has 1 fully saturated rings. The van der Waals surface area contributed by atoms with Crippen molar-refractivity contribution < 1.29 is 23.5 Å². The largest absolute Gasteiger partial charge is 0.442 e. The maximum Gasteiger partial charge on any atom is 0.414 e. The van der Waals surface area contributed by atoms with Crippen LogP contribution in [0.5, 0.6) is 0 Å². The van der Waals surface area contributed by atoms with E-state index in [1.165, 1.54) is 34.6 Å². The Morgan fingerprint density at radius 2 is 1.92 bits per heavy atom. The van der Waals surface area contributed by atoms with Crippen molar-refractivity contribution in [3.63, 3.8) is 0 Å². The average molecular weight is 519 g/mol. The molecule has 0 radical (unpaired) electrons. The highest BCUT2D eigenvalue weighted by molar-refractivity contribution is 5.92. The number of nitrogens with one attached hydrogen (secondary N) is 1. The molecule has 0 saturated carbocycles. The molecule has 0 aliphatic carbocycles. The molecule has 1 aliphatic rings. The van der Waals surface area contributed by atoms with E-state index >= 15 is 0 Å². The number of nitrogens with zero attached hydrogens (tertiary/aromatic N) is 2. The van der Waals surface area contributed by atoms with E-state index in [9.17, 15) is 23.6 Å². The summed E-state index contributed by atoms with van der Waals surface area (Å²) in [6.07, 6.45) is 2.92. The smallest absolute Gasteiger partial charge is 0.414 e. The molecule has 3 aromatic rings. The number of pyridine rings is 1. The topological polar surface area (TPSA) is 124 Å². The van der Waals surface area contributed by atoms with E-state index in [1.54, 1.807) is 61.8 Å². The number of hydrogen-bond acceptors (Lipinski definition) is 6. The van der Waals surface area contributed by atoms with Gasteiger partial charge in [0.15, 0.2) is 0 Å². The zero-order valence-corrected chi connectivity index (χ0v) is 20.9. The minimum Gasteiger partial charge on any atom is -0.442 e. The lowest BCUT2D eigenvalue weighted by Gasteiger charge is -2.16. The fraction of sp³-hybridized carbons (Fsp3) is 0.214. The number of rotatable bonds is 8. The fourth-order valence-corrected chi connectivity index (χ4v) is 4.01. The van der Waals surface area contributed by atoms with Crippen LogP contribution in [0, 0.1) is 5.82 Å². The molecule has 1 aromatic heterocycles. The quantitative estimate of drug-likeness (QED) is 0.442. The Morgan fingerprint density at radius 1 is 1.18 bits per heavy atom. The van der Waals surface area contributed by atoms with Crippen molar-refractivity contribution in [3.8, 4) is 11.1 Å². The molecule has 2 amide bonds. The summed E-state index contributed by atoms with van der Waals surface area (Å²) in [5, 5.41) is 2.75. The van der Waals surface area contributed by atoms with Crippen LogP contribution in [0.4, 0.5) is 14.9 Å². The van der Waals surface area contributed by atoms with Gasteiger partial charge >= 0.3 is 6.09 Å². The lowest BCUT2D eigenvalue weighted by atomic mass is 10.0. The molecular formula is C28H27FN4O5. The van der Waals surface area contributed by atoms with E-state index in [2.05, 4.69) is 5.32 Å². The predicted octanol–water partition coefficient (Wildman–Crippen LogP) is 2.76. The van der Waals surface area contributed by atoms with Crippen molar-refractivity contribution >= 4 is 29.5 Å². The van der Waals surface area contributed by atoms with Gasteiger partial charge in [0.05, 0.1) is 12.2 Å². The summed E-state index contributed by atoms with van der Waals surface area (Å²) >= 11 is 0. The van der Waals surface area contributed by atoms with Crippen LogP contribution in [0.1, 0.15) is 18.1 Å². The third kappa shape index (κ3) is 5.87. The SMILES string of the molecule is CC(=O)[C@@H](N)C1CN(c2ccc(-c3ccc(CNC(=O)/C=C/c4cccn(C)c4=O)cc3)c(F)c2)C(=O)O1. The number of aryl methyl sites for hydroxylation is 1. The van der Waals surface area contributed by atoms with E-state index in [0.717, 1.165) is 5.56 Å². The summed E-state index contributed by atoms with van der Waals surface area (Å²) in [7, 11) is 1.63. The van der Waals surface area contributed by atoms with E-state index < -0.39 is 24.1 Å². The number of Topliss-reactive ketones (excluding diaryl/α,β-unsaturated/α-hetero) is 1. The normalized spacial score (nSPS) is 15.9. The van der Waals surface area contributed by atoms with Crippen LogP contribution in [0.15, 0.2) is 71.7 Å². The Morgan fingerprint density at radius 3 is 2.61 bits per heavy atom. The standard InChI is InChI=1S/C28H27FN4O5/c1-17(34)26(30)24-16-33(28(37)38-24)21-10-11-22(23(29)14-21)19-7-5-18(6-8-19)15-31-25(35)12-9-20-4-3-13-32(2)27(20)36/h3-14,24,26H,15-16,30H2,1-2H3,(H,31,35)/b12-9+/t24?,26-/m1/s1. The fourth-order valence-electron chi connectivity index (χ4n) is 4.01. The second kappa shape index (κ2) is 11.2. The molecule has 2 heterocycles. The van der Waals surface area contributed by atoms with Gasteiger partial charge in [-0.15, -0.1) is 0 Å². The number of amides is 2. The molecule has 1 unspecified atom stereocenters. The lowest BCUT2D eigenvalue weighted by Crippen LogP contribution is -2.43. The van der Waals surface area contributed by atoms with Crippen LogP contribution in [-0.2, 0) is 27.9 Å². The first kappa shape index (κ1) is 26.5. The second-order valence-electron chi connectivity index (χ2n) is 8.96. The molecule has 2 aromatic carbocycles. The zero-order valence-electron chi connectivity index (χ0n) is 20.9. The second-order valence-corrected chi connectivity index (χ2v) is 8.96. The summed E-state index contributed by atoms with van der Waals surface area (Å²) in [5.74, 6) is -1.19. The number of carbonyl (C=O) groups is 3. The van der Waals surface area contributed by atoms with Gasteiger partial charge in [-0.05, 0) is 54.5 Å². The Hall–Kier alpha value is -4.57. The summed E-state index contributed by atoms with van der Waals surface area (Å²) in [4.78, 5) is 49.2. The third-order valence-electron chi connectivity index (χ3n) is 6.27. The van der Waals surface area contributed by atoms with Crippen molar-refractivity contribution in [2.45, 2.75) is 25.6 Å². The number of ketones is 1. The Bertz CT molecular complexity index is 1460. The number of aromatic nitrogens is 1. The molecular weight excluding hydrogens is 491 g/mol. The summed E-state index contributed by atoms with van der Waals surface area (Å²) in [6.45, 7) is 1.62. The highest BCUT2D eigenvalue weighted by atomic mass is 19.1. The van der Waals surface area contributed by atoms with Gasteiger partial charge in [0, 0.05) is 37.0 Å². The van der Waals surface area contributed by atoms with Gasteiger partial charge in [-0.2, -0.15) is 0 Å². The van der Waals surface area contributed by atoms with Crippen LogP contribution >= 0.6 is 0 Å². The van der Waals surface area contributed by atoms with E-state index in [4.69, 9.17) is 10.5 Å². The number of nitrogens with two attached hydrogens (primary N) is 1. The number of hydrogen-bond donors (Lipinski definition) is 2. The maximum absolute atomic E-state index is 15.0. The lowest BCUT2D eigenvalue weighted by molar-refractivity contribution is -0.120. The highest BCUT2D eigenvalue weighted by Gasteiger charge is 2.37. The Labute approximate surface area is 218 Å². The van der Waals surface area contributed by atoms with Crippen LogP contribution < -0.4 is 21.5 Å². The van der Waals surface area contributed by atoms with Gasteiger partial charge in [-0.1, -0.05) is 24.3 Å². The van der Waals surface area contributed by atoms with Gasteiger partial charge < -0.3 is 20.4 Å². The van der Waals surface area contributed by atoms with Crippen molar-refractivity contribution in [2.75, 3.05) is 11.4 Å². The molecule has 196 valence electrons. The molecule has 10 heteroatoms. The number of halogens is 1. The molecule has 1 saturated heterocycles. The number of anilines is 1. The number of carbonyl (C=O) groups excluding carboxylic acids is 3. The first-order chi connectivity index (χ1) is 18.1. The highest BCUT2D eigenvalue weighted by Crippen LogP contribution is 2.29. The van der Waals surface area contributed by atoms with E-state index in [0.29, 0.717) is 22.4 Å². The molecule has 3 N–H and O–H groups in total. The number of ether oxygens (including phenoxy) is 1. The predicted molar refractivity (Wildman–Crippen MR) is 141 cm³/mol. The average Bonchev–Trinajstić information content (AvgIpc) is 3.29. The minimum absolute atomic E-state index is 0.0516. The molecule has 0 spiro atoms. The van der Waals surface area contributed by atoms with Crippen LogP contribution in [0.25, 0.3) is 17.2 Å². The van der Waals surface area contributed by atoms with Crippen LogP contribution in [-0.4, -0.2) is 41.0 Å². The maximum atomic E-state index is 15.0. The first-order valence-electron chi connectivity index (χ1n) is 11.9. The molecule has 9 nitrogen and oxygen atoms in total. The molecule has 0 bridgehead atoms. The number of benzene rings is 2. The Kier molecular flexibility index (Phi) is 7.82. The van der Waals surface area contributed by atoms with Crippen LogP contribution in [0.2, 0.25) is 0 Å². The van der Waals surface area contributed by atoms with Crippen LogP contribution in [0.3, 0.4) is 0 Å². The first-order valence-corrected chi connectivity index (χ1v) is 11.9. The monoisotopic (exact) mass is 518 g/mol. The van der Waals surface area contributed by atoms with Gasteiger partial charge in [-0.3, -0.25) is 19.3 Å². The molecule has 4 rings (SSSR count). The molecule has 1 aliphatic heterocycles. The van der Waals surface area contributed by atoms with Gasteiger partial charge in [0.25, 0.3) is 5.56 Å². The zero-order chi connectivity index (χ0) is 27.4. The van der Waals surface area contributed by atoms with Gasteiger partial charge in [0.1, 0.15) is 23.7 Å². The molecule has 38 heavy (non-hydrogen) atoms. The van der Waals surface area contributed by atoms with Crippen molar-refractivity contribution in [2.24, 2.45) is 12.8 Å². The van der Waals surface area contributed by atoms with Crippen molar-refractivity contribution in [1.82, 2.24) is 9.88 Å². The minimum atomic E-state index is -0.940. The third-order valence-corrected chi connectivity index (χ3v) is 6.27. The van der Waals surface area contributed by atoms with E-state index in [-0.39, 0.29) is 30.3 Å². The summed E-state index contributed by atoms with van der Waals surface area (Å²) < 4.78 is 21.6. The van der Waals surface area contributed by atoms with Crippen molar-refractivity contribution in [3.05, 3.63) is 94.2 Å². The number of cyclic esters (lactones) is 1. The van der Waals surface area contributed by atoms with E-state index in [1.807, 2.05) is 0 Å². The van der Waals surface area contributed by atoms with Crippen molar-refractivity contribution in [1.29, 1.82) is 0 Å². The van der Waals surface area contributed by atoms with Gasteiger partial charge in [-0.25, -0.2) is 9.18 Å². The summed E-state index contributed by atoms with van der Waals surface area (Å²) in [5.41, 5.74) is 8.05. The molecule has 2 atom stereocenters. The Balaban J connectivity index is 1.38. The van der Waals surface area contributed by atoms with Gasteiger partial charge in [0.2, 0.25) is 5.91 Å². The summed E-state index contributed by atoms with van der Waals surface area (Å²) in [6, 6.07) is 13.8.